The van der Waals surface area contributed by atoms with Crippen molar-refractivity contribution in [2.24, 2.45) is 5.92 Å². The van der Waals surface area contributed by atoms with E-state index in [-0.39, 0.29) is 0 Å². The van der Waals surface area contributed by atoms with E-state index in [0.29, 0.717) is 6.04 Å². The largest absolute Gasteiger partial charge is 0.313 e. The predicted molar refractivity (Wildman–Crippen MR) is 76.0 cm³/mol. The van der Waals surface area contributed by atoms with Crippen LogP contribution in [0.1, 0.15) is 24.4 Å². The summed E-state index contributed by atoms with van der Waals surface area (Å²) in [7, 11) is 2.08. The lowest BCUT2D eigenvalue weighted by Crippen LogP contribution is -2.28. The molecule has 0 aromatic heterocycles. The number of hydrogen-bond donors (Lipinski definition) is 1. The van der Waals surface area contributed by atoms with Gasteiger partial charge in [0.1, 0.15) is 0 Å². The first-order chi connectivity index (χ1) is 7.81. The van der Waals surface area contributed by atoms with Crippen LogP contribution in [0.15, 0.2) is 28.7 Å². The molecule has 2 rings (SSSR count). The van der Waals surface area contributed by atoms with Crippen molar-refractivity contribution in [2.75, 3.05) is 18.6 Å². The highest BCUT2D eigenvalue weighted by Crippen LogP contribution is 2.33. The van der Waals surface area contributed by atoms with E-state index in [4.69, 9.17) is 0 Å². The average molecular weight is 300 g/mol. The van der Waals surface area contributed by atoms with Crippen LogP contribution in [-0.2, 0) is 0 Å². The van der Waals surface area contributed by atoms with Crippen LogP contribution < -0.4 is 5.32 Å². The third-order valence-corrected chi connectivity index (χ3v) is 4.98. The van der Waals surface area contributed by atoms with E-state index in [2.05, 4.69) is 64.3 Å². The van der Waals surface area contributed by atoms with Gasteiger partial charge in [-0.25, -0.2) is 0 Å². The maximum absolute atomic E-state index is 3.49. The predicted octanol–water partition coefficient (Wildman–Crippen LogP) is 3.85. The van der Waals surface area contributed by atoms with Crippen molar-refractivity contribution >= 4 is 27.7 Å². The molecule has 3 heteroatoms. The molecule has 1 heterocycles. The Kier molecular flexibility index (Phi) is 4.74. The Morgan fingerprint density at radius 2 is 2.12 bits per heavy atom. The van der Waals surface area contributed by atoms with Crippen molar-refractivity contribution in [1.29, 1.82) is 0 Å². The summed E-state index contributed by atoms with van der Waals surface area (Å²) in [6.45, 7) is 0. The second kappa shape index (κ2) is 6.08. The van der Waals surface area contributed by atoms with Gasteiger partial charge < -0.3 is 5.32 Å². The summed E-state index contributed by atoms with van der Waals surface area (Å²) < 4.78 is 1.16. The van der Waals surface area contributed by atoms with Crippen LogP contribution in [-0.4, -0.2) is 18.6 Å². The van der Waals surface area contributed by atoms with Gasteiger partial charge >= 0.3 is 0 Å². The molecule has 1 saturated heterocycles. The molecule has 1 aromatic rings. The van der Waals surface area contributed by atoms with Crippen molar-refractivity contribution in [2.45, 2.75) is 18.9 Å². The molecule has 88 valence electrons. The zero-order valence-corrected chi connectivity index (χ0v) is 12.0. The molecule has 0 spiro atoms. The van der Waals surface area contributed by atoms with Gasteiger partial charge in [-0.15, -0.1) is 0 Å². The molecule has 2 unspecified atom stereocenters. The quantitative estimate of drug-likeness (QED) is 0.910. The van der Waals surface area contributed by atoms with Crippen molar-refractivity contribution in [1.82, 2.24) is 5.32 Å². The number of hydrogen-bond acceptors (Lipinski definition) is 2. The van der Waals surface area contributed by atoms with Crippen molar-refractivity contribution < 1.29 is 0 Å². The van der Waals surface area contributed by atoms with E-state index < -0.39 is 0 Å². The molecule has 2 atom stereocenters. The second-order valence-corrected chi connectivity index (χ2v) is 6.36. The summed E-state index contributed by atoms with van der Waals surface area (Å²) >= 11 is 5.58. The Bertz CT molecular complexity index is 319. The topological polar surface area (TPSA) is 12.0 Å². The van der Waals surface area contributed by atoms with E-state index in [0.717, 1.165) is 10.4 Å². The highest BCUT2D eigenvalue weighted by molar-refractivity contribution is 9.10. The summed E-state index contributed by atoms with van der Waals surface area (Å²) in [4.78, 5) is 0. The number of rotatable bonds is 3. The second-order valence-electron chi connectivity index (χ2n) is 4.30. The maximum atomic E-state index is 3.49. The van der Waals surface area contributed by atoms with E-state index >= 15 is 0 Å². The fourth-order valence-electron chi connectivity index (χ4n) is 2.37. The Labute approximate surface area is 111 Å². The van der Waals surface area contributed by atoms with Crippen molar-refractivity contribution in [3.63, 3.8) is 0 Å². The summed E-state index contributed by atoms with van der Waals surface area (Å²) in [5.41, 5.74) is 1.42. The van der Waals surface area contributed by atoms with Crippen LogP contribution >= 0.6 is 27.7 Å². The van der Waals surface area contributed by atoms with Gasteiger partial charge in [0.15, 0.2) is 0 Å². The Morgan fingerprint density at radius 3 is 2.69 bits per heavy atom. The van der Waals surface area contributed by atoms with Crippen LogP contribution in [0, 0.1) is 5.92 Å². The van der Waals surface area contributed by atoms with Crippen LogP contribution in [0.3, 0.4) is 0 Å². The average Bonchev–Trinajstić information content (AvgIpc) is 2.34. The minimum Gasteiger partial charge on any atom is -0.313 e. The first-order valence-corrected chi connectivity index (χ1v) is 7.76. The molecule has 1 aliphatic heterocycles. The lowest BCUT2D eigenvalue weighted by atomic mass is 9.91. The molecular weight excluding hydrogens is 282 g/mol. The fraction of sp³-hybridized carbons (Fsp3) is 0.538. The van der Waals surface area contributed by atoms with Crippen LogP contribution in [0.5, 0.6) is 0 Å². The third kappa shape index (κ3) is 3.02. The van der Waals surface area contributed by atoms with E-state index in [9.17, 15) is 0 Å². The molecule has 0 bridgehead atoms. The monoisotopic (exact) mass is 299 g/mol. The maximum Gasteiger partial charge on any atom is 0.0354 e. The van der Waals surface area contributed by atoms with Gasteiger partial charge in [-0.2, -0.15) is 11.8 Å². The van der Waals surface area contributed by atoms with Gasteiger partial charge in [0.25, 0.3) is 0 Å². The standard InChI is InChI=1S/C13H18BrNS/c1-15-13(11-3-2-8-16-9-11)10-4-6-12(14)7-5-10/h4-7,11,13,15H,2-3,8-9H2,1H3. The first kappa shape index (κ1) is 12.5. The Hall–Kier alpha value is 0.01000. The third-order valence-electron chi connectivity index (χ3n) is 3.21. The molecule has 0 amide bonds. The number of thioether (sulfide) groups is 1. The SMILES string of the molecule is CNC(c1ccc(Br)cc1)C1CCCSC1. The van der Waals surface area contributed by atoms with Gasteiger partial charge in [0.05, 0.1) is 0 Å². The van der Waals surface area contributed by atoms with E-state index in [1.807, 2.05) is 0 Å². The molecule has 0 radical (unpaired) electrons. The molecule has 1 aliphatic rings. The van der Waals surface area contributed by atoms with Crippen LogP contribution in [0.2, 0.25) is 0 Å². The number of benzene rings is 1. The van der Waals surface area contributed by atoms with Crippen molar-refractivity contribution in [3.8, 4) is 0 Å². The molecule has 16 heavy (non-hydrogen) atoms. The molecule has 1 fully saturated rings. The van der Waals surface area contributed by atoms with Gasteiger partial charge in [0.2, 0.25) is 0 Å². The lowest BCUT2D eigenvalue weighted by molar-refractivity contribution is 0.384. The van der Waals surface area contributed by atoms with Crippen LogP contribution in [0.25, 0.3) is 0 Å². The Balaban J connectivity index is 2.11. The van der Waals surface area contributed by atoms with Crippen LogP contribution in [0.4, 0.5) is 0 Å². The van der Waals surface area contributed by atoms with E-state index in [1.165, 1.54) is 29.9 Å². The lowest BCUT2D eigenvalue weighted by Gasteiger charge is -2.30. The summed E-state index contributed by atoms with van der Waals surface area (Å²) in [5, 5.41) is 3.48. The number of halogens is 1. The Morgan fingerprint density at radius 1 is 1.38 bits per heavy atom. The molecule has 1 N–H and O–H groups in total. The highest BCUT2D eigenvalue weighted by Gasteiger charge is 2.23. The van der Waals surface area contributed by atoms with E-state index in [1.54, 1.807) is 0 Å². The minimum atomic E-state index is 0.515. The zero-order chi connectivity index (χ0) is 11.4. The summed E-state index contributed by atoms with van der Waals surface area (Å²) in [6, 6.07) is 9.24. The smallest absolute Gasteiger partial charge is 0.0354 e. The summed E-state index contributed by atoms with van der Waals surface area (Å²) in [5.74, 6) is 3.42. The normalized spacial score (nSPS) is 23.0. The zero-order valence-electron chi connectivity index (χ0n) is 9.58. The first-order valence-electron chi connectivity index (χ1n) is 5.81. The van der Waals surface area contributed by atoms with Gasteiger partial charge in [-0.3, -0.25) is 0 Å². The van der Waals surface area contributed by atoms with Crippen molar-refractivity contribution in [3.05, 3.63) is 34.3 Å². The minimum absolute atomic E-state index is 0.515. The van der Waals surface area contributed by atoms with Gasteiger partial charge in [-0.05, 0) is 55.0 Å². The molecule has 1 aromatic carbocycles. The highest BCUT2D eigenvalue weighted by atomic mass is 79.9. The molecule has 0 saturated carbocycles. The van der Waals surface area contributed by atoms with Gasteiger partial charge in [0, 0.05) is 10.5 Å². The molecular formula is C13H18BrNS. The van der Waals surface area contributed by atoms with Gasteiger partial charge in [-0.1, -0.05) is 28.1 Å². The number of nitrogens with one attached hydrogen (secondary N) is 1. The summed E-state index contributed by atoms with van der Waals surface area (Å²) in [6.07, 6.45) is 2.72. The molecule has 0 aliphatic carbocycles. The fourth-order valence-corrected chi connectivity index (χ4v) is 3.84. The molecule has 1 nitrogen and oxygen atoms in total.